The molecule has 1 unspecified atom stereocenters. The molecule has 1 atom stereocenters. The molecule has 5 aromatic heterocycles. The first-order chi connectivity index (χ1) is 21.4. The van der Waals surface area contributed by atoms with Crippen LogP contribution in [0.3, 0.4) is 0 Å². The molecule has 7 rings (SSSR count). The summed E-state index contributed by atoms with van der Waals surface area (Å²) < 4.78 is 12.2. The summed E-state index contributed by atoms with van der Waals surface area (Å²) in [6.07, 6.45) is 9.99. The highest BCUT2D eigenvalue weighted by Gasteiger charge is 2.26. The van der Waals surface area contributed by atoms with Gasteiger partial charge in [0, 0.05) is 81.0 Å². The highest BCUT2D eigenvalue weighted by Crippen LogP contribution is 2.31. The third-order valence-corrected chi connectivity index (χ3v) is 9.04. The molecule has 1 aliphatic heterocycles. The van der Waals surface area contributed by atoms with E-state index in [2.05, 4.69) is 22.1 Å². The van der Waals surface area contributed by atoms with E-state index < -0.39 is 0 Å². The molecule has 228 valence electrons. The molecule has 0 bridgehead atoms. The molecule has 12 heteroatoms. The maximum atomic E-state index is 13.6. The van der Waals surface area contributed by atoms with E-state index in [0.29, 0.717) is 46.1 Å². The summed E-state index contributed by atoms with van der Waals surface area (Å²) in [5.74, 6) is 0.947. The summed E-state index contributed by atoms with van der Waals surface area (Å²) in [5, 5.41) is 18.6. The van der Waals surface area contributed by atoms with Gasteiger partial charge in [-0.05, 0) is 55.5 Å². The van der Waals surface area contributed by atoms with E-state index in [-0.39, 0.29) is 23.8 Å². The van der Waals surface area contributed by atoms with Gasteiger partial charge in [-0.1, -0.05) is 0 Å². The van der Waals surface area contributed by atoms with E-state index in [4.69, 9.17) is 9.84 Å². The Bertz CT molecular complexity index is 2000. The molecule has 5 aromatic rings. The number of anilines is 2. The van der Waals surface area contributed by atoms with Crippen molar-refractivity contribution in [3.63, 3.8) is 0 Å². The normalized spacial score (nSPS) is 16.4. The summed E-state index contributed by atoms with van der Waals surface area (Å²) in [7, 11) is 3.40. The minimum Gasteiger partial charge on any atom is -0.392 e. The predicted molar refractivity (Wildman–Crippen MR) is 167 cm³/mol. The summed E-state index contributed by atoms with van der Waals surface area (Å²) in [6, 6.07) is 7.67. The number of nitrogens with one attached hydrogen (secondary N) is 1. The number of nitrogens with zero attached hydrogens (tertiary/aromatic N) is 7. The van der Waals surface area contributed by atoms with Crippen LogP contribution in [0.4, 0.5) is 11.5 Å². The first-order valence-corrected chi connectivity index (χ1v) is 15.0. The Kier molecular flexibility index (Phi) is 7.19. The average molecular weight is 597 g/mol. The number of hydrogen-bond acceptors (Lipinski definition) is 8. The molecule has 0 radical (unpaired) electrons. The molecule has 0 amide bonds. The Labute approximate surface area is 253 Å². The van der Waals surface area contributed by atoms with Crippen molar-refractivity contribution in [1.82, 2.24) is 33.2 Å². The van der Waals surface area contributed by atoms with Gasteiger partial charge >= 0.3 is 0 Å². The van der Waals surface area contributed by atoms with Crippen LogP contribution in [0, 0.1) is 0 Å². The lowest BCUT2D eigenvalue weighted by molar-refractivity contribution is 0.104. The largest absolute Gasteiger partial charge is 0.392 e. The van der Waals surface area contributed by atoms with Crippen LogP contribution in [-0.4, -0.2) is 65.1 Å². The van der Waals surface area contributed by atoms with Crippen molar-refractivity contribution in [3.8, 4) is 16.9 Å². The van der Waals surface area contributed by atoms with Crippen molar-refractivity contribution in [3.05, 3.63) is 92.3 Å². The number of pyridine rings is 2. The SMILES string of the molecule is COCCN1CCn2nc(Nc3cc(-c4ccnc(-n5ccn6c7c(cc6c5=O)CCC7)c4CO)cn(C)c3=O)cc2C1C. The van der Waals surface area contributed by atoms with Crippen molar-refractivity contribution in [2.45, 2.75) is 45.4 Å². The maximum Gasteiger partial charge on any atom is 0.280 e. The van der Waals surface area contributed by atoms with Crippen LogP contribution in [0.5, 0.6) is 0 Å². The number of aliphatic hydroxyl groups excluding tert-OH is 1. The van der Waals surface area contributed by atoms with Gasteiger partial charge in [-0.2, -0.15) is 5.10 Å². The van der Waals surface area contributed by atoms with Gasteiger partial charge in [0.15, 0.2) is 5.82 Å². The number of ether oxygens (including phenoxy) is 1. The zero-order chi connectivity index (χ0) is 30.5. The fraction of sp³-hybridized carbons (Fsp3) is 0.375. The van der Waals surface area contributed by atoms with Gasteiger partial charge in [-0.25, -0.2) is 4.98 Å². The first-order valence-electron chi connectivity index (χ1n) is 15.0. The second kappa shape index (κ2) is 11.2. The van der Waals surface area contributed by atoms with Crippen LogP contribution in [0.1, 0.15) is 41.9 Å². The molecule has 0 saturated carbocycles. The van der Waals surface area contributed by atoms with Crippen LogP contribution in [0.2, 0.25) is 0 Å². The second-order valence-electron chi connectivity index (χ2n) is 11.6. The van der Waals surface area contributed by atoms with Gasteiger partial charge in [0.2, 0.25) is 0 Å². The molecule has 1 aliphatic carbocycles. The van der Waals surface area contributed by atoms with Crippen LogP contribution in [-0.2, 0) is 37.8 Å². The lowest BCUT2D eigenvalue weighted by Crippen LogP contribution is -2.38. The number of rotatable bonds is 8. The molecule has 6 heterocycles. The zero-order valence-electron chi connectivity index (χ0n) is 25.2. The van der Waals surface area contributed by atoms with Crippen LogP contribution < -0.4 is 16.4 Å². The predicted octanol–water partition coefficient (Wildman–Crippen LogP) is 2.79. The zero-order valence-corrected chi connectivity index (χ0v) is 25.2. The second-order valence-corrected chi connectivity index (χ2v) is 11.6. The minimum absolute atomic E-state index is 0.161. The van der Waals surface area contributed by atoms with Crippen molar-refractivity contribution >= 4 is 17.0 Å². The van der Waals surface area contributed by atoms with Gasteiger partial charge in [-0.15, -0.1) is 0 Å². The highest BCUT2D eigenvalue weighted by molar-refractivity contribution is 5.73. The van der Waals surface area contributed by atoms with Gasteiger partial charge in [0.1, 0.15) is 17.0 Å². The average Bonchev–Trinajstić information content (AvgIpc) is 3.75. The van der Waals surface area contributed by atoms with Crippen LogP contribution in [0.25, 0.3) is 22.5 Å². The van der Waals surface area contributed by atoms with E-state index in [1.54, 1.807) is 44.9 Å². The van der Waals surface area contributed by atoms with Gasteiger partial charge in [0.25, 0.3) is 11.1 Å². The number of fused-ring (bicyclic) bond motifs is 4. The monoisotopic (exact) mass is 596 g/mol. The third kappa shape index (κ3) is 4.66. The quantitative estimate of drug-likeness (QED) is 0.280. The number of aromatic nitrogens is 6. The maximum absolute atomic E-state index is 13.6. The Hall–Kier alpha value is -4.52. The lowest BCUT2D eigenvalue weighted by atomic mass is 10.0. The topological polar surface area (TPSA) is 124 Å². The first kappa shape index (κ1) is 28.3. The summed E-state index contributed by atoms with van der Waals surface area (Å²) in [4.78, 5) is 33.7. The summed E-state index contributed by atoms with van der Waals surface area (Å²) >= 11 is 0. The molecule has 0 saturated heterocycles. The molecule has 0 fully saturated rings. The molecule has 2 N–H and O–H groups in total. The van der Waals surface area contributed by atoms with E-state index in [9.17, 15) is 14.7 Å². The number of aliphatic hydroxyl groups is 1. The smallest absolute Gasteiger partial charge is 0.280 e. The van der Waals surface area contributed by atoms with Gasteiger partial charge in [-0.3, -0.25) is 23.7 Å². The Morgan fingerprint density at radius 3 is 2.80 bits per heavy atom. The summed E-state index contributed by atoms with van der Waals surface area (Å²) in [6.45, 7) is 4.92. The molecule has 44 heavy (non-hydrogen) atoms. The molecule has 0 aromatic carbocycles. The Morgan fingerprint density at radius 2 is 1.98 bits per heavy atom. The molecular weight excluding hydrogens is 560 g/mol. The fourth-order valence-electron chi connectivity index (χ4n) is 6.72. The third-order valence-electron chi connectivity index (χ3n) is 9.04. The van der Waals surface area contributed by atoms with Crippen molar-refractivity contribution in [1.29, 1.82) is 0 Å². The van der Waals surface area contributed by atoms with E-state index >= 15 is 0 Å². The minimum atomic E-state index is -0.343. The van der Waals surface area contributed by atoms with E-state index in [1.807, 2.05) is 27.4 Å². The standard InChI is InChI=1S/C32H36N8O4/c1-20-27-17-29(35-40(27)12-9-37(20)13-14-44-3)34-25-15-22(18-36(2)31(25)42)23-7-8-33-30(24(23)19-41)39-11-10-38-26-6-4-5-21(26)16-28(38)32(39)43/h7-8,10-11,15-18,20,41H,4-6,9,12-14,19H2,1-3H3,(H,34,35). The molecule has 2 aliphatic rings. The number of aryl methyl sites for hydroxylation is 3. The van der Waals surface area contributed by atoms with Crippen molar-refractivity contribution in [2.24, 2.45) is 7.05 Å². The molecular formula is C32H36N8O4. The highest BCUT2D eigenvalue weighted by atomic mass is 16.5. The number of methoxy groups -OCH3 is 1. The van der Waals surface area contributed by atoms with E-state index in [0.717, 1.165) is 44.6 Å². The molecule has 12 nitrogen and oxygen atoms in total. The molecule has 0 spiro atoms. The van der Waals surface area contributed by atoms with Gasteiger partial charge in [0.05, 0.1) is 25.5 Å². The van der Waals surface area contributed by atoms with E-state index in [1.165, 1.54) is 20.4 Å². The van der Waals surface area contributed by atoms with Gasteiger partial charge < -0.3 is 24.1 Å². The Morgan fingerprint density at radius 1 is 1.11 bits per heavy atom. The fourth-order valence-corrected chi connectivity index (χ4v) is 6.72. The van der Waals surface area contributed by atoms with Crippen molar-refractivity contribution < 1.29 is 9.84 Å². The van der Waals surface area contributed by atoms with Crippen LogP contribution >= 0.6 is 0 Å². The lowest BCUT2D eigenvalue weighted by Gasteiger charge is -2.33. The van der Waals surface area contributed by atoms with Crippen molar-refractivity contribution in [2.75, 3.05) is 32.1 Å². The van der Waals surface area contributed by atoms with Crippen LogP contribution in [0.15, 0.2) is 58.6 Å². The summed E-state index contributed by atoms with van der Waals surface area (Å²) in [5.41, 5.74) is 5.88. The number of hydrogen-bond donors (Lipinski definition) is 2. The Balaban J connectivity index is 1.25.